The molecule has 1 aromatic heterocycles. The number of rotatable bonds is 3. The molecule has 0 amide bonds. The summed E-state index contributed by atoms with van der Waals surface area (Å²) in [5.74, 6) is 1.40. The lowest BCUT2D eigenvalue weighted by Crippen LogP contribution is -2.14. The Kier molecular flexibility index (Phi) is 3.69. The van der Waals surface area contributed by atoms with E-state index in [9.17, 15) is 4.79 Å². The van der Waals surface area contributed by atoms with Gasteiger partial charge in [-0.1, -0.05) is 12.1 Å². The van der Waals surface area contributed by atoms with Gasteiger partial charge in [-0.05, 0) is 39.8 Å². The summed E-state index contributed by atoms with van der Waals surface area (Å²) in [6.45, 7) is 7.51. The van der Waals surface area contributed by atoms with Crippen LogP contribution in [-0.4, -0.2) is 16.1 Å². The van der Waals surface area contributed by atoms with Crippen LogP contribution in [0.1, 0.15) is 25.2 Å². The van der Waals surface area contributed by atoms with Gasteiger partial charge in [0.25, 0.3) is 5.56 Å². The van der Waals surface area contributed by atoms with Gasteiger partial charge in [0.05, 0.1) is 11.8 Å². The third kappa shape index (κ3) is 3.02. The number of hydrogen-bond donors (Lipinski definition) is 1. The monoisotopic (exact) mass is 258 g/mol. The molecule has 0 radical (unpaired) electrons. The van der Waals surface area contributed by atoms with E-state index in [0.29, 0.717) is 17.1 Å². The largest absolute Gasteiger partial charge is 0.491 e. The smallest absolute Gasteiger partial charge is 0.254 e. The Morgan fingerprint density at radius 1 is 1.26 bits per heavy atom. The van der Waals surface area contributed by atoms with E-state index in [0.717, 1.165) is 11.3 Å². The van der Waals surface area contributed by atoms with Crippen molar-refractivity contribution in [2.45, 2.75) is 33.8 Å². The number of ether oxygens (including phenoxy) is 1. The summed E-state index contributed by atoms with van der Waals surface area (Å²) in [7, 11) is 0. The van der Waals surface area contributed by atoms with Crippen LogP contribution < -0.4 is 10.3 Å². The van der Waals surface area contributed by atoms with Gasteiger partial charge < -0.3 is 9.72 Å². The van der Waals surface area contributed by atoms with E-state index in [1.54, 1.807) is 13.8 Å². The third-order valence-corrected chi connectivity index (χ3v) is 2.75. The van der Waals surface area contributed by atoms with Crippen molar-refractivity contribution in [3.8, 4) is 17.0 Å². The van der Waals surface area contributed by atoms with Gasteiger partial charge in [-0.3, -0.25) is 4.79 Å². The van der Waals surface area contributed by atoms with Crippen molar-refractivity contribution in [2.75, 3.05) is 0 Å². The number of H-pyrrole nitrogens is 1. The number of nitrogens with one attached hydrogen (secondary N) is 1. The summed E-state index contributed by atoms with van der Waals surface area (Å²) in [5, 5.41) is 0. The van der Waals surface area contributed by atoms with Crippen molar-refractivity contribution in [1.82, 2.24) is 9.97 Å². The van der Waals surface area contributed by atoms with Crippen LogP contribution in [0.25, 0.3) is 11.3 Å². The molecule has 0 aliphatic rings. The van der Waals surface area contributed by atoms with Crippen LogP contribution in [0, 0.1) is 13.8 Å². The lowest BCUT2D eigenvalue weighted by molar-refractivity contribution is 0.242. The molecule has 4 nitrogen and oxygen atoms in total. The second-order valence-electron chi connectivity index (χ2n) is 4.82. The van der Waals surface area contributed by atoms with Gasteiger partial charge in [-0.25, -0.2) is 4.98 Å². The van der Waals surface area contributed by atoms with Gasteiger partial charge in [-0.15, -0.1) is 0 Å². The maximum Gasteiger partial charge on any atom is 0.254 e. The quantitative estimate of drug-likeness (QED) is 0.921. The van der Waals surface area contributed by atoms with E-state index in [2.05, 4.69) is 9.97 Å². The summed E-state index contributed by atoms with van der Waals surface area (Å²) in [4.78, 5) is 18.9. The molecule has 0 unspecified atom stereocenters. The van der Waals surface area contributed by atoms with Crippen molar-refractivity contribution in [1.29, 1.82) is 0 Å². The van der Waals surface area contributed by atoms with Crippen molar-refractivity contribution in [3.63, 3.8) is 0 Å². The average molecular weight is 258 g/mol. The molecule has 0 saturated carbocycles. The Morgan fingerprint density at radius 3 is 2.68 bits per heavy atom. The number of aromatic amines is 1. The van der Waals surface area contributed by atoms with Crippen LogP contribution in [0.4, 0.5) is 0 Å². The number of hydrogen-bond acceptors (Lipinski definition) is 3. The van der Waals surface area contributed by atoms with Gasteiger partial charge in [0.2, 0.25) is 0 Å². The molecular weight excluding hydrogens is 240 g/mol. The first kappa shape index (κ1) is 13.3. The second-order valence-corrected chi connectivity index (χ2v) is 4.82. The van der Waals surface area contributed by atoms with Crippen molar-refractivity contribution < 1.29 is 4.74 Å². The summed E-state index contributed by atoms with van der Waals surface area (Å²) < 4.78 is 5.66. The summed E-state index contributed by atoms with van der Waals surface area (Å²) in [6, 6.07) is 7.65. The van der Waals surface area contributed by atoms with Crippen molar-refractivity contribution in [2.24, 2.45) is 0 Å². The van der Waals surface area contributed by atoms with Crippen LogP contribution in [0.3, 0.4) is 0 Å². The van der Waals surface area contributed by atoms with E-state index in [1.165, 1.54) is 0 Å². The lowest BCUT2D eigenvalue weighted by atomic mass is 10.1. The van der Waals surface area contributed by atoms with Crippen LogP contribution in [0.2, 0.25) is 0 Å². The van der Waals surface area contributed by atoms with Crippen molar-refractivity contribution >= 4 is 0 Å². The molecule has 0 fully saturated rings. The molecule has 0 atom stereocenters. The summed E-state index contributed by atoms with van der Waals surface area (Å²) >= 11 is 0. The highest BCUT2D eigenvalue weighted by atomic mass is 16.5. The van der Waals surface area contributed by atoms with E-state index in [1.807, 2.05) is 38.1 Å². The van der Waals surface area contributed by atoms with Gasteiger partial charge in [0, 0.05) is 11.1 Å². The minimum Gasteiger partial charge on any atom is -0.491 e. The first-order valence-electron chi connectivity index (χ1n) is 6.32. The fourth-order valence-electron chi connectivity index (χ4n) is 1.92. The average Bonchev–Trinajstić information content (AvgIpc) is 2.33. The highest BCUT2D eigenvalue weighted by Gasteiger charge is 2.09. The zero-order valence-electron chi connectivity index (χ0n) is 11.7. The predicted molar refractivity (Wildman–Crippen MR) is 75.5 cm³/mol. The Balaban J connectivity index is 2.50. The molecule has 2 aromatic rings. The zero-order valence-corrected chi connectivity index (χ0v) is 11.7. The zero-order chi connectivity index (χ0) is 14.0. The van der Waals surface area contributed by atoms with Crippen molar-refractivity contribution in [3.05, 3.63) is 46.0 Å². The highest BCUT2D eigenvalue weighted by molar-refractivity contribution is 5.64. The molecule has 2 rings (SSSR count). The van der Waals surface area contributed by atoms with Crippen LogP contribution in [-0.2, 0) is 0 Å². The first-order valence-corrected chi connectivity index (χ1v) is 6.32. The minimum atomic E-state index is -0.0994. The Morgan fingerprint density at radius 2 is 2.00 bits per heavy atom. The number of aromatic nitrogens is 2. The minimum absolute atomic E-state index is 0.0994. The molecule has 1 aromatic carbocycles. The van der Waals surface area contributed by atoms with Gasteiger partial charge >= 0.3 is 0 Å². The van der Waals surface area contributed by atoms with Crippen LogP contribution >= 0.6 is 0 Å². The fraction of sp³-hybridized carbons (Fsp3) is 0.333. The van der Waals surface area contributed by atoms with E-state index < -0.39 is 0 Å². The summed E-state index contributed by atoms with van der Waals surface area (Å²) in [6.07, 6.45) is 0.116. The molecule has 1 N–H and O–H groups in total. The van der Waals surface area contributed by atoms with Gasteiger partial charge in [0.15, 0.2) is 0 Å². The van der Waals surface area contributed by atoms with E-state index in [4.69, 9.17) is 4.74 Å². The van der Waals surface area contributed by atoms with Crippen LogP contribution in [0.5, 0.6) is 5.75 Å². The highest BCUT2D eigenvalue weighted by Crippen LogP contribution is 2.24. The SMILES string of the molecule is Cc1nc(-c2cccc(OC(C)C)c2)c(C)c(=O)[nH]1. The maximum absolute atomic E-state index is 11.8. The number of benzene rings is 1. The molecule has 0 bridgehead atoms. The molecule has 0 aliphatic heterocycles. The van der Waals surface area contributed by atoms with E-state index >= 15 is 0 Å². The fourth-order valence-corrected chi connectivity index (χ4v) is 1.92. The Bertz CT molecular complexity index is 645. The standard InChI is InChI=1S/C15H18N2O2/c1-9(2)19-13-7-5-6-12(8-13)14-10(3)15(18)17-11(4)16-14/h5-9H,1-4H3,(H,16,17,18). The topological polar surface area (TPSA) is 55.0 Å². The maximum atomic E-state index is 11.8. The number of aryl methyl sites for hydroxylation is 1. The molecule has 19 heavy (non-hydrogen) atoms. The van der Waals surface area contributed by atoms with E-state index in [-0.39, 0.29) is 11.7 Å². The molecular formula is C15H18N2O2. The second kappa shape index (κ2) is 5.26. The molecule has 0 aliphatic carbocycles. The molecule has 4 heteroatoms. The summed E-state index contributed by atoms with van der Waals surface area (Å²) in [5.41, 5.74) is 2.12. The number of nitrogens with zero attached hydrogens (tertiary/aromatic N) is 1. The lowest BCUT2D eigenvalue weighted by Gasteiger charge is -2.11. The van der Waals surface area contributed by atoms with Crippen LogP contribution in [0.15, 0.2) is 29.1 Å². The molecule has 0 saturated heterocycles. The first-order chi connectivity index (χ1) is 8.97. The Hall–Kier alpha value is -2.10. The van der Waals surface area contributed by atoms with Gasteiger partial charge in [-0.2, -0.15) is 0 Å². The molecule has 1 heterocycles. The molecule has 100 valence electrons. The van der Waals surface area contributed by atoms with Gasteiger partial charge in [0.1, 0.15) is 11.6 Å². The Labute approximate surface area is 112 Å². The third-order valence-electron chi connectivity index (χ3n) is 2.75. The predicted octanol–water partition coefficient (Wildman–Crippen LogP) is 2.84. The molecule has 0 spiro atoms. The normalized spacial score (nSPS) is 10.8.